The van der Waals surface area contributed by atoms with E-state index in [0.29, 0.717) is 6.04 Å². The lowest BCUT2D eigenvalue weighted by Gasteiger charge is -2.31. The van der Waals surface area contributed by atoms with Gasteiger partial charge in [0.2, 0.25) is 0 Å². The first-order chi connectivity index (χ1) is 8.60. The Kier molecular flexibility index (Phi) is 7.46. The Hall–Kier alpha value is 0.1000. The number of rotatable bonds is 8. The van der Waals surface area contributed by atoms with Crippen LogP contribution in [0, 0.1) is 0 Å². The van der Waals surface area contributed by atoms with Gasteiger partial charge < -0.3 is 5.73 Å². The van der Waals surface area contributed by atoms with Gasteiger partial charge in [0.25, 0.3) is 0 Å². The highest BCUT2D eigenvalue weighted by molar-refractivity contribution is 9.10. The third kappa shape index (κ3) is 4.65. The standard InChI is InChI=1S/C14H25BrN2S/c1-4-6-7-8-17(3)14(12(16)5-2)13-9-11(15)10-18-13/h9-10,12,14H,4-8,16H2,1-3H3. The summed E-state index contributed by atoms with van der Waals surface area (Å²) in [6, 6.07) is 2.77. The van der Waals surface area contributed by atoms with Gasteiger partial charge in [-0.1, -0.05) is 26.7 Å². The molecule has 2 atom stereocenters. The zero-order valence-electron chi connectivity index (χ0n) is 11.7. The first-order valence-electron chi connectivity index (χ1n) is 6.79. The molecule has 0 aliphatic carbocycles. The maximum Gasteiger partial charge on any atom is 0.0591 e. The highest BCUT2D eigenvalue weighted by atomic mass is 79.9. The van der Waals surface area contributed by atoms with Crippen molar-refractivity contribution < 1.29 is 0 Å². The second-order valence-electron chi connectivity index (χ2n) is 4.87. The first-order valence-corrected chi connectivity index (χ1v) is 8.47. The Morgan fingerprint density at radius 1 is 1.39 bits per heavy atom. The maximum atomic E-state index is 6.31. The molecule has 0 saturated carbocycles. The zero-order chi connectivity index (χ0) is 13.5. The molecule has 0 aliphatic heterocycles. The predicted molar refractivity (Wildman–Crippen MR) is 85.2 cm³/mol. The molecule has 0 amide bonds. The summed E-state index contributed by atoms with van der Waals surface area (Å²) in [7, 11) is 2.20. The fourth-order valence-electron chi connectivity index (χ4n) is 2.21. The van der Waals surface area contributed by atoms with Crippen LogP contribution in [0.3, 0.4) is 0 Å². The normalized spacial score (nSPS) is 15.0. The van der Waals surface area contributed by atoms with Crippen LogP contribution in [0.2, 0.25) is 0 Å². The second-order valence-corrected chi connectivity index (χ2v) is 6.73. The lowest BCUT2D eigenvalue weighted by atomic mass is 10.0. The van der Waals surface area contributed by atoms with Gasteiger partial charge in [-0.05, 0) is 48.4 Å². The van der Waals surface area contributed by atoms with E-state index in [1.165, 1.54) is 24.1 Å². The van der Waals surface area contributed by atoms with Crippen LogP contribution < -0.4 is 5.73 Å². The van der Waals surface area contributed by atoms with Crippen molar-refractivity contribution in [1.29, 1.82) is 0 Å². The molecule has 104 valence electrons. The molecule has 2 unspecified atom stereocenters. The average molecular weight is 333 g/mol. The van der Waals surface area contributed by atoms with E-state index in [0.717, 1.165) is 17.4 Å². The van der Waals surface area contributed by atoms with E-state index in [1.54, 1.807) is 11.3 Å². The van der Waals surface area contributed by atoms with Crippen LogP contribution in [0.25, 0.3) is 0 Å². The van der Waals surface area contributed by atoms with E-state index >= 15 is 0 Å². The van der Waals surface area contributed by atoms with E-state index in [9.17, 15) is 0 Å². The molecular weight excluding hydrogens is 308 g/mol. The molecule has 18 heavy (non-hydrogen) atoms. The Morgan fingerprint density at radius 3 is 2.61 bits per heavy atom. The molecule has 2 N–H and O–H groups in total. The quantitative estimate of drug-likeness (QED) is 0.714. The topological polar surface area (TPSA) is 29.3 Å². The van der Waals surface area contributed by atoms with Crippen molar-refractivity contribution in [2.45, 2.75) is 51.6 Å². The van der Waals surface area contributed by atoms with Crippen molar-refractivity contribution in [1.82, 2.24) is 4.90 Å². The van der Waals surface area contributed by atoms with Crippen LogP contribution in [0.4, 0.5) is 0 Å². The van der Waals surface area contributed by atoms with Crippen molar-refractivity contribution in [3.05, 3.63) is 20.8 Å². The number of thiophene rings is 1. The first kappa shape index (κ1) is 16.2. The minimum absolute atomic E-state index is 0.210. The van der Waals surface area contributed by atoms with Gasteiger partial charge in [-0.25, -0.2) is 0 Å². The number of hydrogen-bond acceptors (Lipinski definition) is 3. The Bertz CT molecular complexity index is 340. The van der Waals surface area contributed by atoms with Gasteiger partial charge >= 0.3 is 0 Å². The van der Waals surface area contributed by atoms with E-state index in [-0.39, 0.29) is 6.04 Å². The molecule has 1 rings (SSSR count). The van der Waals surface area contributed by atoms with Crippen molar-refractivity contribution in [2.75, 3.05) is 13.6 Å². The molecule has 1 heterocycles. The molecule has 2 nitrogen and oxygen atoms in total. The molecule has 0 spiro atoms. The van der Waals surface area contributed by atoms with Gasteiger partial charge in [-0.2, -0.15) is 0 Å². The Labute approximate surface area is 124 Å². The lowest BCUT2D eigenvalue weighted by molar-refractivity contribution is 0.209. The number of halogens is 1. The summed E-state index contributed by atoms with van der Waals surface area (Å²) in [6.07, 6.45) is 4.83. The molecule has 4 heteroatoms. The molecule has 0 aliphatic rings. The molecule has 0 bridgehead atoms. The van der Waals surface area contributed by atoms with Crippen LogP contribution in [-0.4, -0.2) is 24.5 Å². The molecular formula is C14H25BrN2S. The molecule has 1 aromatic rings. The van der Waals surface area contributed by atoms with Gasteiger partial charge in [0.05, 0.1) is 6.04 Å². The summed E-state index contributed by atoms with van der Waals surface area (Å²) < 4.78 is 1.16. The summed E-state index contributed by atoms with van der Waals surface area (Å²) in [4.78, 5) is 3.79. The minimum atomic E-state index is 0.210. The average Bonchev–Trinajstić information content (AvgIpc) is 2.76. The molecule has 1 aromatic heterocycles. The van der Waals surface area contributed by atoms with E-state index in [4.69, 9.17) is 5.73 Å². The van der Waals surface area contributed by atoms with Crippen LogP contribution >= 0.6 is 27.3 Å². The van der Waals surface area contributed by atoms with Crippen LogP contribution in [0.1, 0.15) is 50.4 Å². The van der Waals surface area contributed by atoms with Gasteiger partial charge in [0, 0.05) is 20.8 Å². The number of unbranched alkanes of at least 4 members (excludes halogenated alkanes) is 2. The third-order valence-electron chi connectivity index (χ3n) is 3.35. The summed E-state index contributed by atoms with van der Waals surface area (Å²) in [5.41, 5.74) is 6.31. The monoisotopic (exact) mass is 332 g/mol. The number of nitrogens with zero attached hydrogens (tertiary/aromatic N) is 1. The second kappa shape index (κ2) is 8.31. The molecule has 0 fully saturated rings. The number of hydrogen-bond donors (Lipinski definition) is 1. The van der Waals surface area contributed by atoms with Gasteiger partial charge in [0.15, 0.2) is 0 Å². The fraction of sp³-hybridized carbons (Fsp3) is 0.714. The van der Waals surface area contributed by atoms with Crippen LogP contribution in [0.5, 0.6) is 0 Å². The Balaban J connectivity index is 2.72. The maximum absolute atomic E-state index is 6.31. The predicted octanol–water partition coefficient (Wildman–Crippen LogP) is 4.41. The largest absolute Gasteiger partial charge is 0.326 e. The van der Waals surface area contributed by atoms with Gasteiger partial charge in [-0.3, -0.25) is 4.90 Å². The van der Waals surface area contributed by atoms with Crippen molar-refractivity contribution >= 4 is 27.3 Å². The van der Waals surface area contributed by atoms with Gasteiger partial charge in [-0.15, -0.1) is 11.3 Å². The minimum Gasteiger partial charge on any atom is -0.326 e. The zero-order valence-corrected chi connectivity index (χ0v) is 14.1. The highest BCUT2D eigenvalue weighted by Gasteiger charge is 2.24. The van der Waals surface area contributed by atoms with Crippen molar-refractivity contribution in [3.63, 3.8) is 0 Å². The molecule has 0 radical (unpaired) electrons. The lowest BCUT2D eigenvalue weighted by Crippen LogP contribution is -2.38. The highest BCUT2D eigenvalue weighted by Crippen LogP contribution is 2.31. The Morgan fingerprint density at radius 2 is 2.11 bits per heavy atom. The summed E-state index contributed by atoms with van der Waals surface area (Å²) in [5.74, 6) is 0. The molecule has 0 saturated heterocycles. The summed E-state index contributed by atoms with van der Waals surface area (Å²) >= 11 is 5.34. The smallest absolute Gasteiger partial charge is 0.0591 e. The van der Waals surface area contributed by atoms with Crippen LogP contribution in [-0.2, 0) is 0 Å². The van der Waals surface area contributed by atoms with Crippen molar-refractivity contribution in [3.8, 4) is 0 Å². The van der Waals surface area contributed by atoms with Gasteiger partial charge in [0.1, 0.15) is 0 Å². The van der Waals surface area contributed by atoms with Crippen molar-refractivity contribution in [2.24, 2.45) is 5.73 Å². The fourth-order valence-corrected chi connectivity index (χ4v) is 3.90. The summed E-state index contributed by atoms with van der Waals surface area (Å²) in [6.45, 7) is 5.54. The summed E-state index contributed by atoms with van der Waals surface area (Å²) in [5, 5.41) is 2.14. The SMILES string of the molecule is CCCCCN(C)C(c1cc(Br)cs1)C(N)CC. The van der Waals surface area contributed by atoms with Crippen LogP contribution in [0.15, 0.2) is 15.9 Å². The molecule has 0 aromatic carbocycles. The van der Waals surface area contributed by atoms with E-state index in [2.05, 4.69) is 53.2 Å². The number of nitrogens with two attached hydrogens (primary N) is 1. The number of likely N-dealkylation sites (N-methyl/N-ethyl adjacent to an activating group) is 1. The van der Waals surface area contributed by atoms with E-state index < -0.39 is 0 Å². The third-order valence-corrected chi connectivity index (χ3v) is 5.11. The van der Waals surface area contributed by atoms with E-state index in [1.807, 2.05) is 0 Å².